The number of nitrogens with one attached hydrogen (secondary N) is 2. The van der Waals surface area contributed by atoms with Crippen LogP contribution in [0.15, 0.2) is 60.9 Å². The third-order valence-corrected chi connectivity index (χ3v) is 3.72. The standard InChI is InChI=1S/C19H21N5/c1-3-14(2)21-19-23-17(15-8-7-11-20-13-15)12-18(24-19)22-16-9-5-4-6-10-16/h4-14H,3H2,1-2H3,(H2,21,22,23,24)/t14-/m1/s1. The van der Waals surface area contributed by atoms with E-state index in [2.05, 4.69) is 39.4 Å². The zero-order chi connectivity index (χ0) is 16.8. The monoisotopic (exact) mass is 319 g/mol. The molecule has 0 saturated heterocycles. The molecule has 1 aromatic carbocycles. The molecule has 0 aliphatic heterocycles. The first-order valence-electron chi connectivity index (χ1n) is 8.12. The normalized spacial score (nSPS) is 11.8. The molecule has 5 heteroatoms. The molecule has 0 unspecified atom stereocenters. The van der Waals surface area contributed by atoms with Crippen molar-refractivity contribution in [1.82, 2.24) is 15.0 Å². The van der Waals surface area contributed by atoms with Crippen LogP contribution in [0.2, 0.25) is 0 Å². The number of para-hydroxylation sites is 1. The van der Waals surface area contributed by atoms with Gasteiger partial charge in [-0.15, -0.1) is 0 Å². The van der Waals surface area contributed by atoms with Crippen molar-refractivity contribution in [2.75, 3.05) is 10.6 Å². The molecule has 0 aliphatic carbocycles. The van der Waals surface area contributed by atoms with Crippen LogP contribution in [0.25, 0.3) is 11.3 Å². The largest absolute Gasteiger partial charge is 0.352 e. The van der Waals surface area contributed by atoms with E-state index in [4.69, 9.17) is 0 Å². The van der Waals surface area contributed by atoms with Crippen LogP contribution in [-0.4, -0.2) is 21.0 Å². The van der Waals surface area contributed by atoms with Crippen LogP contribution in [0, 0.1) is 0 Å². The summed E-state index contributed by atoms with van der Waals surface area (Å²) < 4.78 is 0. The SMILES string of the molecule is CC[C@@H](C)Nc1nc(Nc2ccccc2)cc(-c2cccnc2)n1. The molecule has 24 heavy (non-hydrogen) atoms. The molecular formula is C19H21N5. The van der Waals surface area contributed by atoms with E-state index in [1.54, 1.807) is 6.20 Å². The van der Waals surface area contributed by atoms with E-state index in [0.717, 1.165) is 29.2 Å². The summed E-state index contributed by atoms with van der Waals surface area (Å²) in [5, 5.41) is 6.68. The predicted octanol–water partition coefficient (Wildman–Crippen LogP) is 4.49. The van der Waals surface area contributed by atoms with E-state index < -0.39 is 0 Å². The molecule has 1 atom stereocenters. The zero-order valence-electron chi connectivity index (χ0n) is 13.9. The lowest BCUT2D eigenvalue weighted by molar-refractivity contribution is 0.753. The summed E-state index contributed by atoms with van der Waals surface area (Å²) in [5.74, 6) is 1.37. The van der Waals surface area contributed by atoms with Crippen molar-refractivity contribution in [3.63, 3.8) is 0 Å². The van der Waals surface area contributed by atoms with Gasteiger partial charge in [0, 0.05) is 35.8 Å². The zero-order valence-corrected chi connectivity index (χ0v) is 13.9. The Morgan fingerprint density at radius 3 is 2.58 bits per heavy atom. The molecule has 0 saturated carbocycles. The number of pyridine rings is 1. The number of nitrogens with zero attached hydrogens (tertiary/aromatic N) is 3. The lowest BCUT2D eigenvalue weighted by atomic mass is 10.2. The third kappa shape index (κ3) is 4.07. The summed E-state index contributed by atoms with van der Waals surface area (Å²) in [6.45, 7) is 4.25. The smallest absolute Gasteiger partial charge is 0.225 e. The van der Waals surface area contributed by atoms with Crippen molar-refractivity contribution in [3.05, 3.63) is 60.9 Å². The van der Waals surface area contributed by atoms with Gasteiger partial charge in [-0.25, -0.2) is 4.98 Å². The van der Waals surface area contributed by atoms with Gasteiger partial charge in [-0.2, -0.15) is 4.98 Å². The highest BCUT2D eigenvalue weighted by Gasteiger charge is 2.09. The van der Waals surface area contributed by atoms with Gasteiger partial charge in [0.15, 0.2) is 0 Å². The quantitative estimate of drug-likeness (QED) is 0.701. The second-order valence-electron chi connectivity index (χ2n) is 5.65. The first-order chi connectivity index (χ1) is 11.7. The van der Waals surface area contributed by atoms with Gasteiger partial charge in [-0.1, -0.05) is 25.1 Å². The lowest BCUT2D eigenvalue weighted by Crippen LogP contribution is -2.16. The van der Waals surface area contributed by atoms with Gasteiger partial charge in [0.25, 0.3) is 0 Å². The predicted molar refractivity (Wildman–Crippen MR) is 98.4 cm³/mol. The minimum atomic E-state index is 0.304. The van der Waals surface area contributed by atoms with Crippen molar-refractivity contribution in [2.24, 2.45) is 0 Å². The Hall–Kier alpha value is -2.95. The molecule has 0 aliphatic rings. The summed E-state index contributed by atoms with van der Waals surface area (Å²) in [7, 11) is 0. The number of rotatable bonds is 6. The van der Waals surface area contributed by atoms with Gasteiger partial charge in [0.2, 0.25) is 5.95 Å². The maximum atomic E-state index is 4.63. The average Bonchev–Trinajstić information content (AvgIpc) is 2.63. The Morgan fingerprint density at radius 1 is 1.04 bits per heavy atom. The highest BCUT2D eigenvalue weighted by molar-refractivity contribution is 5.66. The number of aromatic nitrogens is 3. The molecule has 5 nitrogen and oxygen atoms in total. The number of hydrogen-bond donors (Lipinski definition) is 2. The molecule has 3 rings (SSSR count). The van der Waals surface area contributed by atoms with Crippen molar-refractivity contribution < 1.29 is 0 Å². The number of hydrogen-bond acceptors (Lipinski definition) is 5. The maximum Gasteiger partial charge on any atom is 0.225 e. The Balaban J connectivity index is 1.96. The van der Waals surface area contributed by atoms with Crippen molar-refractivity contribution in [1.29, 1.82) is 0 Å². The molecule has 0 radical (unpaired) electrons. The Kier molecular flexibility index (Phi) is 5.01. The summed E-state index contributed by atoms with van der Waals surface area (Å²) in [4.78, 5) is 13.4. The summed E-state index contributed by atoms with van der Waals surface area (Å²) in [6.07, 6.45) is 4.57. The molecule has 0 fully saturated rings. The summed E-state index contributed by atoms with van der Waals surface area (Å²) >= 11 is 0. The van der Waals surface area contributed by atoms with Crippen LogP contribution in [0.5, 0.6) is 0 Å². The van der Waals surface area contributed by atoms with Gasteiger partial charge in [0.05, 0.1) is 5.69 Å². The topological polar surface area (TPSA) is 62.7 Å². The average molecular weight is 319 g/mol. The fourth-order valence-corrected chi connectivity index (χ4v) is 2.23. The van der Waals surface area contributed by atoms with Gasteiger partial charge < -0.3 is 10.6 Å². The lowest BCUT2D eigenvalue weighted by Gasteiger charge is -2.14. The van der Waals surface area contributed by atoms with E-state index in [9.17, 15) is 0 Å². The van der Waals surface area contributed by atoms with E-state index in [1.807, 2.05) is 54.7 Å². The van der Waals surface area contributed by atoms with Gasteiger partial charge in [-0.05, 0) is 37.6 Å². The molecule has 3 aromatic rings. The molecule has 122 valence electrons. The first kappa shape index (κ1) is 15.9. The van der Waals surface area contributed by atoms with Gasteiger partial charge >= 0.3 is 0 Å². The number of benzene rings is 1. The molecule has 2 aromatic heterocycles. The molecule has 0 bridgehead atoms. The summed E-state index contributed by atoms with van der Waals surface area (Å²) in [6, 6.07) is 16.1. The minimum Gasteiger partial charge on any atom is -0.352 e. The van der Waals surface area contributed by atoms with E-state index >= 15 is 0 Å². The Morgan fingerprint density at radius 2 is 1.88 bits per heavy atom. The third-order valence-electron chi connectivity index (χ3n) is 3.72. The van der Waals surface area contributed by atoms with E-state index in [-0.39, 0.29) is 0 Å². The van der Waals surface area contributed by atoms with Crippen LogP contribution in [-0.2, 0) is 0 Å². The van der Waals surface area contributed by atoms with Crippen molar-refractivity contribution >= 4 is 17.5 Å². The maximum absolute atomic E-state index is 4.63. The fraction of sp³-hybridized carbons (Fsp3) is 0.211. The second-order valence-corrected chi connectivity index (χ2v) is 5.65. The second kappa shape index (κ2) is 7.55. The highest BCUT2D eigenvalue weighted by Crippen LogP contribution is 2.23. The molecule has 2 N–H and O–H groups in total. The van der Waals surface area contributed by atoms with Gasteiger partial charge in [0.1, 0.15) is 5.82 Å². The van der Waals surface area contributed by atoms with Gasteiger partial charge in [-0.3, -0.25) is 4.98 Å². The molecule has 0 spiro atoms. The Labute approximate surface area is 142 Å². The minimum absolute atomic E-state index is 0.304. The molecule has 0 amide bonds. The Bertz CT molecular complexity index is 774. The summed E-state index contributed by atoms with van der Waals surface area (Å²) in [5.41, 5.74) is 2.79. The van der Waals surface area contributed by atoms with Crippen LogP contribution in [0.1, 0.15) is 20.3 Å². The van der Waals surface area contributed by atoms with E-state index in [0.29, 0.717) is 12.0 Å². The van der Waals surface area contributed by atoms with Crippen LogP contribution >= 0.6 is 0 Å². The first-order valence-corrected chi connectivity index (χ1v) is 8.12. The fourth-order valence-electron chi connectivity index (χ4n) is 2.23. The molecule has 2 heterocycles. The molecular weight excluding hydrogens is 298 g/mol. The highest BCUT2D eigenvalue weighted by atomic mass is 15.2. The van der Waals surface area contributed by atoms with Crippen LogP contribution in [0.3, 0.4) is 0 Å². The van der Waals surface area contributed by atoms with Crippen LogP contribution < -0.4 is 10.6 Å². The number of anilines is 3. The van der Waals surface area contributed by atoms with Crippen LogP contribution in [0.4, 0.5) is 17.5 Å². The van der Waals surface area contributed by atoms with E-state index in [1.165, 1.54) is 0 Å². The van der Waals surface area contributed by atoms with Crippen molar-refractivity contribution in [3.8, 4) is 11.3 Å². The van der Waals surface area contributed by atoms with Crippen molar-refractivity contribution in [2.45, 2.75) is 26.3 Å².